The van der Waals surface area contributed by atoms with Gasteiger partial charge in [-0.25, -0.2) is 4.79 Å². The Bertz CT molecular complexity index is 338. The van der Waals surface area contributed by atoms with E-state index in [4.69, 9.17) is 0 Å². The predicted octanol–water partition coefficient (Wildman–Crippen LogP) is 3.16. The van der Waals surface area contributed by atoms with Crippen LogP contribution in [0.5, 0.6) is 0 Å². The van der Waals surface area contributed by atoms with Gasteiger partial charge in [0.1, 0.15) is 6.04 Å². The average Bonchev–Trinajstić information content (AvgIpc) is 2.33. The zero-order chi connectivity index (χ0) is 15.5. The molecule has 0 spiro atoms. The highest BCUT2D eigenvalue weighted by molar-refractivity contribution is 5.76. The second-order valence-electron chi connectivity index (χ2n) is 7.41. The summed E-state index contributed by atoms with van der Waals surface area (Å²) in [6, 6.07) is -0.748. The van der Waals surface area contributed by atoms with Crippen molar-refractivity contribution in [1.29, 1.82) is 0 Å². The monoisotopic (exact) mass is 283 g/mol. The van der Waals surface area contributed by atoms with Gasteiger partial charge in [-0.3, -0.25) is 4.79 Å². The molecule has 0 aromatic carbocycles. The van der Waals surface area contributed by atoms with Gasteiger partial charge < -0.3 is 10.0 Å². The Balaban J connectivity index is 2.77. The molecule has 1 unspecified atom stereocenters. The van der Waals surface area contributed by atoms with Crippen LogP contribution in [0.15, 0.2) is 0 Å². The first-order chi connectivity index (χ1) is 9.18. The van der Waals surface area contributed by atoms with E-state index < -0.39 is 12.0 Å². The molecule has 0 radical (unpaired) electrons. The lowest BCUT2D eigenvalue weighted by Gasteiger charge is -2.41. The Kier molecular flexibility index (Phi) is 5.60. The van der Waals surface area contributed by atoms with Crippen LogP contribution in [-0.2, 0) is 9.59 Å². The third-order valence-corrected chi connectivity index (χ3v) is 4.74. The van der Waals surface area contributed by atoms with Crippen molar-refractivity contribution in [3.8, 4) is 0 Å². The van der Waals surface area contributed by atoms with E-state index in [1.807, 2.05) is 13.8 Å². The van der Waals surface area contributed by atoms with Crippen molar-refractivity contribution < 1.29 is 14.7 Å². The first-order valence-electron chi connectivity index (χ1n) is 7.64. The molecule has 116 valence electrons. The van der Waals surface area contributed by atoms with Gasteiger partial charge in [-0.15, -0.1) is 0 Å². The lowest BCUT2D eigenvalue weighted by atomic mass is 9.68. The normalized spacial score (nSPS) is 25.3. The van der Waals surface area contributed by atoms with Crippen molar-refractivity contribution >= 4 is 12.4 Å². The third-order valence-electron chi connectivity index (χ3n) is 4.74. The van der Waals surface area contributed by atoms with Crippen molar-refractivity contribution in [2.24, 2.45) is 17.3 Å². The lowest BCUT2D eigenvalue weighted by Crippen LogP contribution is -2.50. The summed E-state index contributed by atoms with van der Waals surface area (Å²) in [6.45, 7) is 10.5. The minimum Gasteiger partial charge on any atom is -0.480 e. The van der Waals surface area contributed by atoms with Crippen molar-refractivity contribution in [2.75, 3.05) is 0 Å². The van der Waals surface area contributed by atoms with Gasteiger partial charge in [0.25, 0.3) is 0 Å². The quantitative estimate of drug-likeness (QED) is 0.788. The molecule has 0 saturated heterocycles. The molecule has 1 N–H and O–H groups in total. The summed E-state index contributed by atoms with van der Waals surface area (Å²) in [6.07, 6.45) is 4.61. The van der Waals surface area contributed by atoms with Crippen LogP contribution in [0.2, 0.25) is 0 Å². The summed E-state index contributed by atoms with van der Waals surface area (Å²) in [5.74, 6) is -0.138. The van der Waals surface area contributed by atoms with Crippen LogP contribution in [0.3, 0.4) is 0 Å². The maximum atomic E-state index is 11.6. The molecule has 4 nitrogen and oxygen atoms in total. The number of hydrogen-bond acceptors (Lipinski definition) is 2. The molecule has 1 aliphatic rings. The maximum absolute atomic E-state index is 11.6. The Labute approximate surface area is 122 Å². The average molecular weight is 283 g/mol. The first-order valence-corrected chi connectivity index (χ1v) is 7.64. The van der Waals surface area contributed by atoms with Gasteiger partial charge in [-0.1, -0.05) is 20.8 Å². The number of carbonyl (C=O) groups is 2. The molecular weight excluding hydrogens is 254 g/mol. The molecular formula is C16H29NO3. The summed E-state index contributed by atoms with van der Waals surface area (Å²) >= 11 is 0. The predicted molar refractivity (Wildman–Crippen MR) is 79.4 cm³/mol. The van der Waals surface area contributed by atoms with Crippen LogP contribution in [0, 0.1) is 17.3 Å². The molecule has 4 heteroatoms. The highest BCUT2D eigenvalue weighted by Crippen LogP contribution is 2.41. The summed E-state index contributed by atoms with van der Waals surface area (Å²) in [7, 11) is 0. The highest BCUT2D eigenvalue weighted by atomic mass is 16.4. The van der Waals surface area contributed by atoms with E-state index in [1.54, 1.807) is 0 Å². The largest absolute Gasteiger partial charge is 0.480 e. The maximum Gasteiger partial charge on any atom is 0.326 e. The summed E-state index contributed by atoms with van der Waals surface area (Å²) in [4.78, 5) is 24.3. The van der Waals surface area contributed by atoms with Crippen LogP contribution in [-0.4, -0.2) is 34.5 Å². The molecule has 1 amide bonds. The van der Waals surface area contributed by atoms with Gasteiger partial charge >= 0.3 is 5.97 Å². The Morgan fingerprint density at radius 1 is 1.20 bits per heavy atom. The topological polar surface area (TPSA) is 57.6 Å². The number of amides is 1. The molecule has 1 rings (SSSR count). The van der Waals surface area contributed by atoms with E-state index in [9.17, 15) is 14.7 Å². The molecule has 0 bridgehead atoms. The lowest BCUT2D eigenvalue weighted by molar-refractivity contribution is -0.151. The van der Waals surface area contributed by atoms with Crippen LogP contribution in [0.25, 0.3) is 0 Å². The molecule has 0 aromatic heterocycles. The number of rotatable bonds is 5. The van der Waals surface area contributed by atoms with Gasteiger partial charge in [0.05, 0.1) is 0 Å². The zero-order valence-electron chi connectivity index (χ0n) is 13.4. The van der Waals surface area contributed by atoms with E-state index >= 15 is 0 Å². The van der Waals surface area contributed by atoms with E-state index in [0.717, 1.165) is 25.7 Å². The van der Waals surface area contributed by atoms with Gasteiger partial charge in [-0.05, 0) is 56.8 Å². The minimum atomic E-state index is -0.870. The van der Waals surface area contributed by atoms with E-state index in [1.165, 1.54) is 4.90 Å². The van der Waals surface area contributed by atoms with E-state index in [-0.39, 0.29) is 17.4 Å². The fourth-order valence-corrected chi connectivity index (χ4v) is 3.38. The highest BCUT2D eigenvalue weighted by Gasteiger charge is 2.38. The molecule has 0 heterocycles. The van der Waals surface area contributed by atoms with Crippen molar-refractivity contribution in [2.45, 2.75) is 72.4 Å². The smallest absolute Gasteiger partial charge is 0.326 e. The van der Waals surface area contributed by atoms with Crippen LogP contribution >= 0.6 is 0 Å². The van der Waals surface area contributed by atoms with Gasteiger partial charge in [-0.2, -0.15) is 0 Å². The fraction of sp³-hybridized carbons (Fsp3) is 0.875. The molecule has 1 fully saturated rings. The fourth-order valence-electron chi connectivity index (χ4n) is 3.38. The number of nitrogens with zero attached hydrogens (tertiary/aromatic N) is 1. The van der Waals surface area contributed by atoms with Crippen LogP contribution in [0.4, 0.5) is 0 Å². The first kappa shape index (κ1) is 17.0. The minimum absolute atomic E-state index is 0.0751. The number of carboxylic acid groups (broad SMARTS) is 1. The molecule has 1 atom stereocenters. The van der Waals surface area contributed by atoms with Crippen LogP contribution < -0.4 is 0 Å². The summed E-state index contributed by atoms with van der Waals surface area (Å²) < 4.78 is 0. The number of hydrogen-bond donors (Lipinski definition) is 1. The molecule has 20 heavy (non-hydrogen) atoms. The Morgan fingerprint density at radius 3 is 2.00 bits per heavy atom. The van der Waals surface area contributed by atoms with E-state index in [2.05, 4.69) is 20.8 Å². The van der Waals surface area contributed by atoms with Gasteiger partial charge in [0.2, 0.25) is 6.41 Å². The SMILES string of the molecule is CC(C)N(C=O)C(C(=O)O)C1CCC(C(C)(C)C)CC1. The van der Waals surface area contributed by atoms with Crippen molar-refractivity contribution in [3.63, 3.8) is 0 Å². The van der Waals surface area contributed by atoms with Crippen LogP contribution in [0.1, 0.15) is 60.3 Å². The second kappa shape index (κ2) is 6.59. The molecule has 1 saturated carbocycles. The van der Waals surface area contributed by atoms with E-state index in [0.29, 0.717) is 12.3 Å². The standard InChI is InChI=1S/C16H29NO3/c1-11(2)17(10-18)14(15(19)20)12-6-8-13(9-7-12)16(3,4)5/h10-14H,6-9H2,1-5H3,(H,19,20). The van der Waals surface area contributed by atoms with Crippen molar-refractivity contribution in [1.82, 2.24) is 4.90 Å². The molecule has 0 aliphatic heterocycles. The van der Waals surface area contributed by atoms with Gasteiger partial charge in [0.15, 0.2) is 0 Å². The number of carboxylic acids is 1. The number of aliphatic carboxylic acids is 1. The number of carbonyl (C=O) groups excluding carboxylic acids is 1. The summed E-state index contributed by atoms with van der Waals surface area (Å²) in [5.41, 5.74) is 0.284. The van der Waals surface area contributed by atoms with Gasteiger partial charge in [0, 0.05) is 6.04 Å². The third kappa shape index (κ3) is 3.97. The molecule has 1 aliphatic carbocycles. The zero-order valence-corrected chi connectivity index (χ0v) is 13.4. The molecule has 0 aromatic rings. The summed E-state index contributed by atoms with van der Waals surface area (Å²) in [5, 5.41) is 9.50. The Morgan fingerprint density at radius 2 is 1.70 bits per heavy atom. The second-order valence-corrected chi connectivity index (χ2v) is 7.41. The van der Waals surface area contributed by atoms with Crippen molar-refractivity contribution in [3.05, 3.63) is 0 Å². The Hall–Kier alpha value is -1.06.